The van der Waals surface area contributed by atoms with Gasteiger partial charge in [-0.1, -0.05) is 57.2 Å². The predicted molar refractivity (Wildman–Crippen MR) is 90.3 cm³/mol. The van der Waals surface area contributed by atoms with Gasteiger partial charge in [-0.2, -0.15) is 0 Å². The lowest BCUT2D eigenvalue weighted by atomic mass is 9.87. The summed E-state index contributed by atoms with van der Waals surface area (Å²) in [5.41, 5.74) is 1.78. The van der Waals surface area contributed by atoms with Gasteiger partial charge < -0.3 is 9.84 Å². The Bertz CT molecular complexity index is 660. The largest absolute Gasteiger partial charge is 0.478 e. The van der Waals surface area contributed by atoms with Crippen LogP contribution in [0.15, 0.2) is 53.0 Å². The molecule has 1 unspecified atom stereocenters. The van der Waals surface area contributed by atoms with E-state index in [0.717, 1.165) is 10.0 Å². The smallest absolute Gasteiger partial charge is 0.349 e. The SMILES string of the molecule is CC(C)(C)c1ccc(OC(C(=O)O)c2ccccc2)c(Br)c1. The molecule has 0 amide bonds. The van der Waals surface area contributed by atoms with Crippen molar-refractivity contribution in [2.24, 2.45) is 0 Å². The van der Waals surface area contributed by atoms with Crippen LogP contribution in [-0.4, -0.2) is 11.1 Å². The van der Waals surface area contributed by atoms with Gasteiger partial charge in [0, 0.05) is 5.56 Å². The third-order valence-corrected chi connectivity index (χ3v) is 3.99. The molecule has 0 aliphatic carbocycles. The zero-order valence-electron chi connectivity index (χ0n) is 12.8. The van der Waals surface area contributed by atoms with Crippen molar-refractivity contribution in [2.45, 2.75) is 32.3 Å². The number of rotatable bonds is 4. The van der Waals surface area contributed by atoms with Crippen LogP contribution < -0.4 is 4.74 Å². The summed E-state index contributed by atoms with van der Waals surface area (Å²) >= 11 is 3.47. The molecular weight excluding hydrogens is 344 g/mol. The molecule has 2 aromatic rings. The lowest BCUT2D eigenvalue weighted by molar-refractivity contribution is -0.145. The quantitative estimate of drug-likeness (QED) is 0.836. The second kappa shape index (κ2) is 6.53. The van der Waals surface area contributed by atoms with Crippen LogP contribution in [0.4, 0.5) is 0 Å². The highest BCUT2D eigenvalue weighted by atomic mass is 79.9. The monoisotopic (exact) mass is 362 g/mol. The molecule has 2 rings (SSSR count). The summed E-state index contributed by atoms with van der Waals surface area (Å²) in [5.74, 6) is -0.498. The third-order valence-electron chi connectivity index (χ3n) is 3.37. The maximum atomic E-state index is 11.5. The summed E-state index contributed by atoms with van der Waals surface area (Å²) in [6.45, 7) is 6.37. The van der Waals surface area contributed by atoms with E-state index >= 15 is 0 Å². The zero-order valence-corrected chi connectivity index (χ0v) is 14.4. The topological polar surface area (TPSA) is 46.5 Å². The number of carboxylic acids is 1. The minimum Gasteiger partial charge on any atom is -0.478 e. The molecule has 0 fully saturated rings. The summed E-state index contributed by atoms with van der Waals surface area (Å²) in [6, 6.07) is 14.7. The van der Waals surface area contributed by atoms with Crippen molar-refractivity contribution in [3.63, 3.8) is 0 Å². The number of hydrogen-bond donors (Lipinski definition) is 1. The summed E-state index contributed by atoms with van der Waals surface area (Å²) in [6.07, 6.45) is -1.03. The van der Waals surface area contributed by atoms with Gasteiger partial charge >= 0.3 is 5.97 Å². The first kappa shape index (κ1) is 16.6. The molecule has 0 aliphatic rings. The number of ether oxygens (including phenoxy) is 1. The second-order valence-corrected chi connectivity index (χ2v) is 7.00. The number of carbonyl (C=O) groups is 1. The summed E-state index contributed by atoms with van der Waals surface area (Å²) < 4.78 is 6.47. The molecule has 0 radical (unpaired) electrons. The van der Waals surface area contributed by atoms with Gasteiger partial charge in [-0.3, -0.25) is 0 Å². The van der Waals surface area contributed by atoms with Crippen LogP contribution in [-0.2, 0) is 10.2 Å². The molecule has 0 saturated heterocycles. The van der Waals surface area contributed by atoms with Crippen LogP contribution in [0.2, 0.25) is 0 Å². The van der Waals surface area contributed by atoms with E-state index in [-0.39, 0.29) is 5.41 Å². The minimum absolute atomic E-state index is 0.0205. The van der Waals surface area contributed by atoms with Crippen LogP contribution in [0.25, 0.3) is 0 Å². The van der Waals surface area contributed by atoms with Gasteiger partial charge in [-0.05, 0) is 39.0 Å². The van der Waals surface area contributed by atoms with E-state index < -0.39 is 12.1 Å². The fraction of sp³-hybridized carbons (Fsp3) is 0.278. The van der Waals surface area contributed by atoms with Crippen LogP contribution in [0.5, 0.6) is 5.75 Å². The minimum atomic E-state index is -1.03. The zero-order chi connectivity index (χ0) is 16.3. The number of benzene rings is 2. The van der Waals surface area contributed by atoms with Crippen LogP contribution in [0.3, 0.4) is 0 Å². The molecule has 2 aromatic carbocycles. The molecule has 0 heterocycles. The Morgan fingerprint density at radius 2 is 1.77 bits per heavy atom. The molecule has 3 nitrogen and oxygen atoms in total. The number of carboxylic acid groups (broad SMARTS) is 1. The normalized spacial score (nSPS) is 12.7. The van der Waals surface area contributed by atoms with E-state index in [0.29, 0.717) is 11.3 Å². The first-order valence-electron chi connectivity index (χ1n) is 7.03. The Morgan fingerprint density at radius 3 is 2.27 bits per heavy atom. The number of aliphatic carboxylic acids is 1. The fourth-order valence-corrected chi connectivity index (χ4v) is 2.55. The van der Waals surface area contributed by atoms with Gasteiger partial charge in [-0.25, -0.2) is 4.79 Å². The van der Waals surface area contributed by atoms with Crippen LogP contribution in [0.1, 0.15) is 38.0 Å². The lowest BCUT2D eigenvalue weighted by Crippen LogP contribution is -2.18. The summed E-state index contributed by atoms with van der Waals surface area (Å²) in [5, 5.41) is 9.42. The first-order chi connectivity index (χ1) is 10.3. The van der Waals surface area contributed by atoms with E-state index in [9.17, 15) is 9.90 Å². The van der Waals surface area contributed by atoms with Gasteiger partial charge in [0.15, 0.2) is 0 Å². The highest BCUT2D eigenvalue weighted by Gasteiger charge is 2.23. The number of hydrogen-bond acceptors (Lipinski definition) is 2. The molecular formula is C18H19BrO3. The van der Waals surface area contributed by atoms with Crippen molar-refractivity contribution in [2.75, 3.05) is 0 Å². The van der Waals surface area contributed by atoms with Gasteiger partial charge in [0.2, 0.25) is 6.10 Å². The van der Waals surface area contributed by atoms with Crippen LogP contribution in [0, 0.1) is 0 Å². The third kappa shape index (κ3) is 3.89. The average molecular weight is 363 g/mol. The van der Waals surface area contributed by atoms with Crippen molar-refractivity contribution in [3.05, 3.63) is 64.1 Å². The molecule has 1 atom stereocenters. The van der Waals surface area contributed by atoms with Gasteiger partial charge in [0.25, 0.3) is 0 Å². The molecule has 0 aliphatic heterocycles. The van der Waals surface area contributed by atoms with Crippen molar-refractivity contribution in [3.8, 4) is 5.75 Å². The van der Waals surface area contributed by atoms with E-state index in [1.165, 1.54) is 0 Å². The lowest BCUT2D eigenvalue weighted by Gasteiger charge is -2.21. The molecule has 0 aromatic heterocycles. The van der Waals surface area contributed by atoms with E-state index in [4.69, 9.17) is 4.74 Å². The maximum Gasteiger partial charge on any atom is 0.349 e. The Labute approximate surface area is 139 Å². The standard InChI is InChI=1S/C18H19BrO3/c1-18(2,3)13-9-10-15(14(19)11-13)22-16(17(20)21)12-7-5-4-6-8-12/h4-11,16H,1-3H3,(H,20,21). The first-order valence-corrected chi connectivity index (χ1v) is 7.83. The van der Waals surface area contributed by atoms with Crippen molar-refractivity contribution < 1.29 is 14.6 Å². The van der Waals surface area contributed by atoms with Crippen molar-refractivity contribution in [1.82, 2.24) is 0 Å². The molecule has 0 spiro atoms. The second-order valence-electron chi connectivity index (χ2n) is 6.14. The molecule has 22 heavy (non-hydrogen) atoms. The molecule has 116 valence electrons. The van der Waals surface area contributed by atoms with Crippen molar-refractivity contribution >= 4 is 21.9 Å². The highest BCUT2D eigenvalue weighted by molar-refractivity contribution is 9.10. The average Bonchev–Trinajstić information content (AvgIpc) is 2.45. The Balaban J connectivity index is 2.30. The van der Waals surface area contributed by atoms with Gasteiger partial charge in [0.05, 0.1) is 4.47 Å². The fourth-order valence-electron chi connectivity index (χ4n) is 2.08. The maximum absolute atomic E-state index is 11.5. The van der Waals surface area contributed by atoms with Gasteiger partial charge in [0.1, 0.15) is 5.75 Å². The molecule has 4 heteroatoms. The van der Waals surface area contributed by atoms with Crippen LogP contribution >= 0.6 is 15.9 Å². The van der Waals surface area contributed by atoms with Gasteiger partial charge in [-0.15, -0.1) is 0 Å². The molecule has 0 bridgehead atoms. The Morgan fingerprint density at radius 1 is 1.14 bits per heavy atom. The molecule has 1 N–H and O–H groups in total. The van der Waals surface area contributed by atoms with E-state index in [1.807, 2.05) is 24.3 Å². The highest BCUT2D eigenvalue weighted by Crippen LogP contribution is 2.34. The molecule has 0 saturated carbocycles. The summed E-state index contributed by atoms with van der Waals surface area (Å²) in [7, 11) is 0. The predicted octanol–water partition coefficient (Wildman–Crippen LogP) is 4.95. The Kier molecular flexibility index (Phi) is 4.91. The summed E-state index contributed by atoms with van der Waals surface area (Å²) in [4.78, 5) is 11.5. The number of halogens is 1. The van der Waals surface area contributed by atoms with Crippen molar-refractivity contribution in [1.29, 1.82) is 0 Å². The Hall–Kier alpha value is -1.81. The van der Waals surface area contributed by atoms with E-state index in [1.54, 1.807) is 24.3 Å². The van der Waals surface area contributed by atoms with E-state index in [2.05, 4.69) is 36.7 Å².